The normalized spacial score (nSPS) is 20.5. The molecule has 0 bridgehead atoms. The van der Waals surface area contributed by atoms with Gasteiger partial charge in [0.15, 0.2) is 0 Å². The molecule has 3 rings (SSSR count). The van der Waals surface area contributed by atoms with Gasteiger partial charge < -0.3 is 0 Å². The lowest BCUT2D eigenvalue weighted by molar-refractivity contribution is 0.165. The summed E-state index contributed by atoms with van der Waals surface area (Å²) in [5, 5.41) is 2.16. The molecule has 0 aromatic carbocycles. The Morgan fingerprint density at radius 3 is 3.21 bits per heavy atom. The van der Waals surface area contributed by atoms with Gasteiger partial charge in [-0.3, -0.25) is 9.88 Å². The molecule has 1 atom stereocenters. The van der Waals surface area contributed by atoms with Crippen LogP contribution in [0.25, 0.3) is 0 Å². The Kier molecular flexibility index (Phi) is 4.20. The highest BCUT2D eigenvalue weighted by atomic mass is 32.1. The van der Waals surface area contributed by atoms with Crippen molar-refractivity contribution >= 4 is 11.3 Å². The standard InChI is InChI=1S/C15H19N3S/c1-3-13(8-16-5-1)7-14-4-2-6-18(9-14)10-15-11-19-12-17-15/h1,3,5,8,11-12,14H,2,4,6-7,9-10H2. The van der Waals surface area contributed by atoms with E-state index in [0.29, 0.717) is 0 Å². The minimum absolute atomic E-state index is 0.761. The molecule has 19 heavy (non-hydrogen) atoms. The zero-order valence-corrected chi connectivity index (χ0v) is 11.9. The lowest BCUT2D eigenvalue weighted by atomic mass is 9.92. The molecule has 0 amide bonds. The highest BCUT2D eigenvalue weighted by Crippen LogP contribution is 2.21. The third kappa shape index (κ3) is 3.61. The second kappa shape index (κ2) is 6.26. The van der Waals surface area contributed by atoms with E-state index in [-0.39, 0.29) is 0 Å². The number of hydrogen-bond acceptors (Lipinski definition) is 4. The van der Waals surface area contributed by atoms with E-state index in [0.717, 1.165) is 18.9 Å². The molecule has 3 nitrogen and oxygen atoms in total. The molecule has 1 fully saturated rings. The van der Waals surface area contributed by atoms with Gasteiger partial charge >= 0.3 is 0 Å². The van der Waals surface area contributed by atoms with Gasteiger partial charge in [0, 0.05) is 30.9 Å². The number of hydrogen-bond donors (Lipinski definition) is 0. The summed E-state index contributed by atoms with van der Waals surface area (Å²) in [6, 6.07) is 4.22. The van der Waals surface area contributed by atoms with E-state index in [2.05, 4.69) is 26.3 Å². The molecule has 1 saturated heterocycles. The van der Waals surface area contributed by atoms with Crippen molar-refractivity contribution < 1.29 is 0 Å². The second-order valence-electron chi connectivity index (χ2n) is 5.29. The molecule has 1 aliphatic rings. The van der Waals surface area contributed by atoms with Gasteiger partial charge in [0.2, 0.25) is 0 Å². The van der Waals surface area contributed by atoms with Crippen molar-refractivity contribution in [1.29, 1.82) is 0 Å². The van der Waals surface area contributed by atoms with Crippen LogP contribution in [0.5, 0.6) is 0 Å². The van der Waals surface area contributed by atoms with Crippen LogP contribution in [0.4, 0.5) is 0 Å². The highest BCUT2D eigenvalue weighted by Gasteiger charge is 2.20. The third-order valence-corrected chi connectivity index (χ3v) is 4.35. The van der Waals surface area contributed by atoms with Gasteiger partial charge in [-0.25, -0.2) is 4.98 Å². The number of pyridine rings is 1. The molecule has 0 aliphatic carbocycles. The molecule has 0 radical (unpaired) electrons. The Hall–Kier alpha value is -1.26. The molecule has 0 N–H and O–H groups in total. The van der Waals surface area contributed by atoms with Crippen LogP contribution >= 0.6 is 11.3 Å². The second-order valence-corrected chi connectivity index (χ2v) is 6.01. The topological polar surface area (TPSA) is 29.0 Å². The van der Waals surface area contributed by atoms with Gasteiger partial charge in [-0.2, -0.15) is 0 Å². The van der Waals surface area contributed by atoms with E-state index >= 15 is 0 Å². The summed E-state index contributed by atoms with van der Waals surface area (Å²) in [5.74, 6) is 0.761. The molecular weight excluding hydrogens is 254 g/mol. The Labute approximate surface area is 118 Å². The predicted molar refractivity (Wildman–Crippen MR) is 78.1 cm³/mol. The minimum atomic E-state index is 0.761. The molecule has 2 aromatic heterocycles. The van der Waals surface area contributed by atoms with E-state index in [1.165, 1.54) is 37.2 Å². The van der Waals surface area contributed by atoms with Crippen LogP contribution in [-0.4, -0.2) is 28.0 Å². The van der Waals surface area contributed by atoms with Crippen LogP contribution in [-0.2, 0) is 13.0 Å². The van der Waals surface area contributed by atoms with Crippen LogP contribution in [0, 0.1) is 5.92 Å². The lowest BCUT2D eigenvalue weighted by Gasteiger charge is -2.32. The van der Waals surface area contributed by atoms with Crippen LogP contribution in [0.2, 0.25) is 0 Å². The third-order valence-electron chi connectivity index (χ3n) is 3.72. The first kappa shape index (κ1) is 12.8. The number of aromatic nitrogens is 2. The summed E-state index contributed by atoms with van der Waals surface area (Å²) in [7, 11) is 0. The minimum Gasteiger partial charge on any atom is -0.297 e. The van der Waals surface area contributed by atoms with Crippen molar-refractivity contribution in [3.8, 4) is 0 Å². The maximum absolute atomic E-state index is 4.39. The fraction of sp³-hybridized carbons (Fsp3) is 0.467. The molecule has 2 aromatic rings. The van der Waals surface area contributed by atoms with Crippen molar-refractivity contribution in [1.82, 2.24) is 14.9 Å². The van der Waals surface area contributed by atoms with Gasteiger partial charge in [0.1, 0.15) is 0 Å². The van der Waals surface area contributed by atoms with Crippen molar-refractivity contribution in [2.24, 2.45) is 5.92 Å². The Morgan fingerprint density at radius 2 is 2.42 bits per heavy atom. The van der Waals surface area contributed by atoms with Crippen molar-refractivity contribution in [3.05, 3.63) is 46.7 Å². The quantitative estimate of drug-likeness (QED) is 0.857. The van der Waals surface area contributed by atoms with E-state index in [9.17, 15) is 0 Å². The van der Waals surface area contributed by atoms with Gasteiger partial charge in [0.05, 0.1) is 11.2 Å². The Balaban J connectivity index is 1.56. The zero-order valence-electron chi connectivity index (χ0n) is 11.0. The summed E-state index contributed by atoms with van der Waals surface area (Å²) in [4.78, 5) is 11.1. The average Bonchev–Trinajstić information content (AvgIpc) is 2.93. The van der Waals surface area contributed by atoms with Crippen molar-refractivity contribution in [3.63, 3.8) is 0 Å². The molecule has 4 heteroatoms. The monoisotopic (exact) mass is 273 g/mol. The zero-order chi connectivity index (χ0) is 12.9. The Morgan fingerprint density at radius 1 is 1.42 bits per heavy atom. The first-order chi connectivity index (χ1) is 9.40. The molecule has 0 saturated carbocycles. The lowest BCUT2D eigenvalue weighted by Crippen LogP contribution is -2.35. The first-order valence-corrected chi connectivity index (χ1v) is 7.83. The average molecular weight is 273 g/mol. The smallest absolute Gasteiger partial charge is 0.0795 e. The molecule has 0 spiro atoms. The van der Waals surface area contributed by atoms with Crippen LogP contribution in [0.1, 0.15) is 24.1 Å². The first-order valence-electron chi connectivity index (χ1n) is 6.88. The van der Waals surface area contributed by atoms with Gasteiger partial charge in [-0.05, 0) is 43.4 Å². The summed E-state index contributed by atoms with van der Waals surface area (Å²) in [6.45, 7) is 3.40. The number of nitrogens with zero attached hydrogens (tertiary/aromatic N) is 3. The van der Waals surface area contributed by atoms with Gasteiger partial charge in [0.25, 0.3) is 0 Å². The fourth-order valence-electron chi connectivity index (χ4n) is 2.86. The molecule has 100 valence electrons. The van der Waals surface area contributed by atoms with Crippen LogP contribution in [0.3, 0.4) is 0 Å². The van der Waals surface area contributed by atoms with E-state index in [1.807, 2.05) is 24.0 Å². The summed E-state index contributed by atoms with van der Waals surface area (Å²) in [6.07, 6.45) is 7.64. The highest BCUT2D eigenvalue weighted by molar-refractivity contribution is 7.07. The predicted octanol–water partition coefficient (Wildman–Crippen LogP) is 2.99. The van der Waals surface area contributed by atoms with Crippen LogP contribution in [0.15, 0.2) is 35.4 Å². The van der Waals surface area contributed by atoms with Crippen molar-refractivity contribution in [2.75, 3.05) is 13.1 Å². The van der Waals surface area contributed by atoms with Gasteiger partial charge in [-0.15, -0.1) is 11.3 Å². The number of piperidine rings is 1. The number of likely N-dealkylation sites (tertiary alicyclic amines) is 1. The van der Waals surface area contributed by atoms with E-state index in [1.54, 1.807) is 11.3 Å². The summed E-state index contributed by atoms with van der Waals surface area (Å²) < 4.78 is 0. The molecule has 1 aliphatic heterocycles. The number of thiazole rings is 1. The van der Waals surface area contributed by atoms with Gasteiger partial charge in [-0.1, -0.05) is 6.07 Å². The maximum Gasteiger partial charge on any atom is 0.0795 e. The van der Waals surface area contributed by atoms with Crippen LogP contribution < -0.4 is 0 Å². The fourth-order valence-corrected chi connectivity index (χ4v) is 3.41. The Bertz CT molecular complexity index is 483. The number of rotatable bonds is 4. The SMILES string of the molecule is c1cncc(CC2CCCN(Cc3cscn3)C2)c1. The maximum atomic E-state index is 4.39. The molecule has 3 heterocycles. The summed E-state index contributed by atoms with van der Waals surface area (Å²) in [5.41, 5.74) is 4.50. The van der Waals surface area contributed by atoms with Crippen molar-refractivity contribution in [2.45, 2.75) is 25.8 Å². The summed E-state index contributed by atoms with van der Waals surface area (Å²) >= 11 is 1.69. The van der Waals surface area contributed by atoms with E-state index < -0.39 is 0 Å². The largest absolute Gasteiger partial charge is 0.297 e. The molecule has 1 unspecified atom stereocenters. The van der Waals surface area contributed by atoms with E-state index in [4.69, 9.17) is 0 Å². The molecular formula is C15H19N3S.